The summed E-state index contributed by atoms with van der Waals surface area (Å²) in [6.07, 6.45) is 0.565. The van der Waals surface area contributed by atoms with Gasteiger partial charge in [0.05, 0.1) is 12.5 Å². The fourth-order valence-corrected chi connectivity index (χ4v) is 2.51. The van der Waals surface area contributed by atoms with Crippen LogP contribution in [0.5, 0.6) is 5.75 Å². The number of carbonyl (C=O) groups excluding carboxylic acids is 1. The number of alkyl halides is 1. The van der Waals surface area contributed by atoms with Crippen LogP contribution in [0, 0.1) is 5.92 Å². The van der Waals surface area contributed by atoms with Gasteiger partial charge in [0.1, 0.15) is 11.9 Å². The Hall–Kier alpha value is -1.26. The molecule has 0 spiro atoms. The van der Waals surface area contributed by atoms with E-state index in [0.717, 1.165) is 23.4 Å². The third kappa shape index (κ3) is 3.44. The molecule has 2 atom stereocenters. The van der Waals surface area contributed by atoms with Crippen molar-refractivity contribution in [3.05, 3.63) is 23.8 Å². The minimum absolute atomic E-state index is 0.0975. The van der Waals surface area contributed by atoms with Gasteiger partial charge in [0.25, 0.3) is 5.91 Å². The monoisotopic (exact) mass is 297 g/mol. The molecule has 2 rings (SSSR count). The van der Waals surface area contributed by atoms with Crippen molar-refractivity contribution in [3.63, 3.8) is 0 Å². The maximum atomic E-state index is 12.1. The summed E-state index contributed by atoms with van der Waals surface area (Å²) >= 11 is 5.91. The Morgan fingerprint density at radius 1 is 1.55 bits per heavy atom. The summed E-state index contributed by atoms with van der Waals surface area (Å²) in [6.45, 7) is 5.19. The predicted molar refractivity (Wildman–Crippen MR) is 79.3 cm³/mol. The molecule has 0 aliphatic carbocycles. The molecule has 0 bridgehead atoms. The van der Waals surface area contributed by atoms with Crippen molar-refractivity contribution in [2.75, 3.05) is 18.5 Å². The molecule has 2 unspecified atom stereocenters. The molecule has 1 aliphatic heterocycles. The highest BCUT2D eigenvalue weighted by atomic mass is 35.5. The van der Waals surface area contributed by atoms with Gasteiger partial charge in [-0.15, -0.1) is 11.6 Å². The number of halogens is 1. The lowest BCUT2D eigenvalue weighted by molar-refractivity contribution is -0.126. The van der Waals surface area contributed by atoms with Crippen molar-refractivity contribution in [1.29, 1.82) is 0 Å². The summed E-state index contributed by atoms with van der Waals surface area (Å²) < 4.78 is 10.9. The Morgan fingerprint density at radius 2 is 2.35 bits per heavy atom. The van der Waals surface area contributed by atoms with Gasteiger partial charge < -0.3 is 14.8 Å². The molecule has 5 heteroatoms. The summed E-state index contributed by atoms with van der Waals surface area (Å²) in [7, 11) is 0. The Morgan fingerprint density at radius 3 is 2.95 bits per heavy atom. The molecule has 1 aliphatic rings. The number of hydrogen-bond donors (Lipinski definition) is 1. The van der Waals surface area contributed by atoms with Crippen LogP contribution in [0.15, 0.2) is 18.2 Å². The summed E-state index contributed by atoms with van der Waals surface area (Å²) in [5.74, 6) is 1.26. The van der Waals surface area contributed by atoms with Crippen LogP contribution in [0.1, 0.15) is 25.8 Å². The van der Waals surface area contributed by atoms with Crippen LogP contribution < -0.4 is 10.1 Å². The molecule has 0 radical (unpaired) electrons. The molecule has 1 heterocycles. The second kappa shape index (κ2) is 6.95. The highest BCUT2D eigenvalue weighted by molar-refractivity contribution is 6.17. The molecule has 1 saturated heterocycles. The van der Waals surface area contributed by atoms with Crippen LogP contribution in [0.25, 0.3) is 0 Å². The van der Waals surface area contributed by atoms with Crippen molar-refractivity contribution in [3.8, 4) is 5.75 Å². The summed E-state index contributed by atoms with van der Waals surface area (Å²) in [5.41, 5.74) is 1.59. The van der Waals surface area contributed by atoms with Gasteiger partial charge in [0.15, 0.2) is 0 Å². The molecule has 4 nitrogen and oxygen atoms in total. The zero-order chi connectivity index (χ0) is 14.5. The molecule has 20 heavy (non-hydrogen) atoms. The topological polar surface area (TPSA) is 47.6 Å². The maximum Gasteiger partial charge on any atom is 0.253 e. The Labute approximate surface area is 124 Å². The lowest BCUT2D eigenvalue weighted by Crippen LogP contribution is -2.31. The molecule has 110 valence electrons. The lowest BCUT2D eigenvalue weighted by Gasteiger charge is -2.16. The Balaban J connectivity index is 2.07. The normalized spacial score (nSPS) is 21.8. The van der Waals surface area contributed by atoms with E-state index >= 15 is 0 Å². The Kier molecular flexibility index (Phi) is 5.26. The first-order valence-corrected chi connectivity index (χ1v) is 7.43. The highest BCUT2D eigenvalue weighted by Crippen LogP contribution is 2.26. The minimum atomic E-state index is -0.360. The first-order valence-electron chi connectivity index (χ1n) is 6.89. The van der Waals surface area contributed by atoms with Crippen LogP contribution in [0.4, 0.5) is 5.69 Å². The largest absolute Gasteiger partial charge is 0.494 e. The third-order valence-electron chi connectivity index (χ3n) is 3.42. The van der Waals surface area contributed by atoms with E-state index in [1.54, 1.807) is 0 Å². The second-order valence-electron chi connectivity index (χ2n) is 4.94. The van der Waals surface area contributed by atoms with E-state index in [4.69, 9.17) is 21.1 Å². The molecular formula is C15H20ClNO3. The molecule has 1 N–H and O–H groups in total. The van der Waals surface area contributed by atoms with Gasteiger partial charge in [-0.25, -0.2) is 0 Å². The summed E-state index contributed by atoms with van der Waals surface area (Å²) in [4.78, 5) is 12.1. The predicted octanol–water partition coefficient (Wildman–Crippen LogP) is 3.19. The van der Waals surface area contributed by atoms with Crippen molar-refractivity contribution in [2.24, 2.45) is 5.92 Å². The van der Waals surface area contributed by atoms with Gasteiger partial charge in [-0.3, -0.25) is 4.79 Å². The molecular weight excluding hydrogens is 278 g/mol. The fraction of sp³-hybridized carbons (Fsp3) is 0.533. The smallest absolute Gasteiger partial charge is 0.253 e. The van der Waals surface area contributed by atoms with Crippen molar-refractivity contribution < 1.29 is 14.3 Å². The number of rotatable bonds is 5. The molecule has 1 fully saturated rings. The van der Waals surface area contributed by atoms with E-state index in [1.807, 2.05) is 32.0 Å². The van der Waals surface area contributed by atoms with Crippen LogP contribution in [-0.2, 0) is 15.4 Å². The quantitative estimate of drug-likeness (QED) is 0.849. The van der Waals surface area contributed by atoms with E-state index in [9.17, 15) is 4.79 Å². The maximum absolute atomic E-state index is 12.1. The molecule has 0 aromatic heterocycles. The number of carbonyl (C=O) groups is 1. The molecule has 1 aromatic carbocycles. The van der Waals surface area contributed by atoms with Crippen LogP contribution in [0.2, 0.25) is 0 Å². The zero-order valence-corrected chi connectivity index (χ0v) is 12.6. The SMILES string of the molecule is CCOc1ccc(NC(=O)C2OCCC2C)cc1CCl. The van der Waals surface area contributed by atoms with Crippen molar-refractivity contribution in [1.82, 2.24) is 0 Å². The zero-order valence-electron chi connectivity index (χ0n) is 11.8. The first-order chi connectivity index (χ1) is 9.65. The van der Waals surface area contributed by atoms with Gasteiger partial charge in [0.2, 0.25) is 0 Å². The number of ether oxygens (including phenoxy) is 2. The number of nitrogens with one attached hydrogen (secondary N) is 1. The number of anilines is 1. The fourth-order valence-electron chi connectivity index (χ4n) is 2.30. The molecule has 1 aromatic rings. The van der Waals surface area contributed by atoms with E-state index < -0.39 is 0 Å². The van der Waals surface area contributed by atoms with Gasteiger partial charge in [-0.2, -0.15) is 0 Å². The van der Waals surface area contributed by atoms with Crippen molar-refractivity contribution in [2.45, 2.75) is 32.3 Å². The van der Waals surface area contributed by atoms with Crippen LogP contribution >= 0.6 is 11.6 Å². The van der Waals surface area contributed by atoms with Gasteiger partial charge in [0, 0.05) is 17.9 Å². The summed E-state index contributed by atoms with van der Waals surface area (Å²) in [5, 5.41) is 2.88. The minimum Gasteiger partial charge on any atom is -0.494 e. The van der Waals surface area contributed by atoms with Crippen molar-refractivity contribution >= 4 is 23.2 Å². The first kappa shape index (κ1) is 15.1. The Bertz CT molecular complexity index is 478. The lowest BCUT2D eigenvalue weighted by atomic mass is 10.0. The third-order valence-corrected chi connectivity index (χ3v) is 3.71. The van der Waals surface area contributed by atoms with Crippen LogP contribution in [0.3, 0.4) is 0 Å². The average molecular weight is 298 g/mol. The van der Waals surface area contributed by atoms with Gasteiger partial charge in [-0.1, -0.05) is 6.92 Å². The number of amides is 1. The molecule has 0 saturated carbocycles. The van der Waals surface area contributed by atoms with E-state index in [0.29, 0.717) is 19.1 Å². The highest BCUT2D eigenvalue weighted by Gasteiger charge is 2.30. The van der Waals surface area contributed by atoms with Gasteiger partial charge in [-0.05, 0) is 37.5 Å². The van der Waals surface area contributed by atoms with E-state index in [2.05, 4.69) is 5.32 Å². The van der Waals surface area contributed by atoms with Crippen LogP contribution in [-0.4, -0.2) is 25.2 Å². The van der Waals surface area contributed by atoms with Gasteiger partial charge >= 0.3 is 0 Å². The average Bonchev–Trinajstić information content (AvgIpc) is 2.87. The molecule has 1 amide bonds. The standard InChI is InChI=1S/C15H20ClNO3/c1-3-19-13-5-4-12(8-11(13)9-16)17-15(18)14-10(2)6-7-20-14/h4-5,8,10,14H,3,6-7,9H2,1-2H3,(H,17,18). The second-order valence-corrected chi connectivity index (χ2v) is 5.20. The number of hydrogen-bond acceptors (Lipinski definition) is 3. The summed E-state index contributed by atoms with van der Waals surface area (Å²) in [6, 6.07) is 5.49. The van der Waals surface area contributed by atoms with E-state index in [-0.39, 0.29) is 17.9 Å². The number of benzene rings is 1. The van der Waals surface area contributed by atoms with E-state index in [1.165, 1.54) is 0 Å².